The first-order chi connectivity index (χ1) is 7.73. The average Bonchev–Trinajstić information content (AvgIpc) is 2.41. The molecule has 0 amide bonds. The van der Waals surface area contributed by atoms with E-state index in [9.17, 15) is 0 Å². The van der Waals surface area contributed by atoms with E-state index in [0.29, 0.717) is 11.4 Å². The maximum absolute atomic E-state index is 6.15. The molecule has 0 radical (unpaired) electrons. The van der Waals surface area contributed by atoms with Crippen LogP contribution in [0, 0.1) is 5.41 Å². The number of benzene rings is 1. The first-order valence-corrected chi connectivity index (χ1v) is 6.06. The zero-order valence-electron chi connectivity index (χ0n) is 11.1. The van der Waals surface area contributed by atoms with E-state index in [2.05, 4.69) is 27.7 Å². The Kier molecular flexibility index (Phi) is 2.66. The molecule has 0 aliphatic carbocycles. The summed E-state index contributed by atoms with van der Waals surface area (Å²) in [5.41, 5.74) is 14.0. The van der Waals surface area contributed by atoms with Gasteiger partial charge in [-0.15, -0.1) is 0 Å². The van der Waals surface area contributed by atoms with Crippen molar-refractivity contribution in [3.8, 4) is 0 Å². The van der Waals surface area contributed by atoms with E-state index < -0.39 is 0 Å². The van der Waals surface area contributed by atoms with Crippen LogP contribution in [0.1, 0.15) is 27.7 Å². The molecule has 17 heavy (non-hydrogen) atoms. The van der Waals surface area contributed by atoms with Crippen molar-refractivity contribution in [3.05, 3.63) is 18.2 Å². The summed E-state index contributed by atoms with van der Waals surface area (Å²) in [6.45, 7) is 8.89. The van der Waals surface area contributed by atoms with Crippen molar-refractivity contribution in [3.63, 3.8) is 0 Å². The monoisotopic (exact) mass is 232 g/mol. The molecule has 1 aliphatic rings. The summed E-state index contributed by atoms with van der Waals surface area (Å²) in [6.07, 6.45) is 1.00. The van der Waals surface area contributed by atoms with E-state index in [1.165, 1.54) is 0 Å². The molecule has 1 fully saturated rings. The minimum atomic E-state index is -0.117. The standard InChI is InChI=1S/C13H21BN2O/c1-12(2)8-14(17-13(12,3)4)9-5-6-10(15)11(16)7-9/h5-7H,8,15-16H2,1-4H3. The predicted octanol–water partition coefficient (Wildman–Crippen LogP) is 1.88. The highest BCUT2D eigenvalue weighted by Crippen LogP contribution is 2.45. The number of nitrogens with two attached hydrogens (primary N) is 2. The number of rotatable bonds is 1. The summed E-state index contributed by atoms with van der Waals surface area (Å²) in [4.78, 5) is 0. The van der Waals surface area contributed by atoms with Crippen molar-refractivity contribution in [1.82, 2.24) is 0 Å². The lowest BCUT2D eigenvalue weighted by molar-refractivity contribution is 0.0375. The Hall–Kier alpha value is -1.16. The molecule has 0 aromatic heterocycles. The summed E-state index contributed by atoms with van der Waals surface area (Å²) in [5.74, 6) is 0. The van der Waals surface area contributed by atoms with Gasteiger partial charge in [0.05, 0.1) is 17.0 Å². The van der Waals surface area contributed by atoms with Gasteiger partial charge in [0.15, 0.2) is 0 Å². The fraction of sp³-hybridized carbons (Fsp3) is 0.538. The van der Waals surface area contributed by atoms with Crippen LogP contribution in [0.15, 0.2) is 18.2 Å². The number of nitrogen functional groups attached to an aromatic ring is 2. The molecule has 0 spiro atoms. The van der Waals surface area contributed by atoms with Crippen LogP contribution in [-0.4, -0.2) is 12.5 Å². The molecular formula is C13H21BN2O. The number of hydrogen-bond donors (Lipinski definition) is 2. The van der Waals surface area contributed by atoms with Gasteiger partial charge in [-0.25, -0.2) is 0 Å². The molecule has 1 aromatic rings. The Balaban J connectivity index is 2.29. The highest BCUT2D eigenvalue weighted by molar-refractivity contribution is 6.68. The molecule has 0 bridgehead atoms. The summed E-state index contributed by atoms with van der Waals surface area (Å²) in [7, 11) is 0. The fourth-order valence-electron chi connectivity index (χ4n) is 2.25. The zero-order valence-corrected chi connectivity index (χ0v) is 11.1. The van der Waals surface area contributed by atoms with Gasteiger partial charge in [0, 0.05) is 0 Å². The first-order valence-electron chi connectivity index (χ1n) is 6.06. The van der Waals surface area contributed by atoms with E-state index >= 15 is 0 Å². The minimum Gasteiger partial charge on any atom is -0.426 e. The molecule has 2 rings (SSSR count). The Morgan fingerprint density at radius 3 is 2.24 bits per heavy atom. The smallest absolute Gasteiger partial charge is 0.328 e. The lowest BCUT2D eigenvalue weighted by atomic mass is 9.54. The average molecular weight is 232 g/mol. The van der Waals surface area contributed by atoms with E-state index in [1.54, 1.807) is 0 Å². The molecule has 0 unspecified atom stereocenters. The van der Waals surface area contributed by atoms with Gasteiger partial charge in [0.1, 0.15) is 0 Å². The van der Waals surface area contributed by atoms with Crippen LogP contribution in [0.5, 0.6) is 0 Å². The third-order valence-corrected chi connectivity index (χ3v) is 4.25. The quantitative estimate of drug-likeness (QED) is 0.574. The summed E-state index contributed by atoms with van der Waals surface area (Å²) < 4.78 is 6.15. The van der Waals surface area contributed by atoms with Gasteiger partial charge in [0.25, 0.3) is 0 Å². The van der Waals surface area contributed by atoms with Crippen LogP contribution in [0.2, 0.25) is 6.32 Å². The van der Waals surface area contributed by atoms with Gasteiger partial charge in [-0.2, -0.15) is 0 Å². The van der Waals surface area contributed by atoms with Crippen molar-refractivity contribution in [2.45, 2.75) is 39.6 Å². The SMILES string of the molecule is CC1(C)CB(c2ccc(N)c(N)c2)OC1(C)C. The largest absolute Gasteiger partial charge is 0.426 e. The number of anilines is 2. The lowest BCUT2D eigenvalue weighted by Crippen LogP contribution is -2.36. The van der Waals surface area contributed by atoms with Crippen LogP contribution in [-0.2, 0) is 4.65 Å². The molecule has 0 saturated carbocycles. The number of hydrogen-bond acceptors (Lipinski definition) is 3. The molecule has 92 valence electrons. The van der Waals surface area contributed by atoms with E-state index in [1.807, 2.05) is 18.2 Å². The molecule has 4 N–H and O–H groups in total. The third-order valence-electron chi connectivity index (χ3n) is 4.25. The van der Waals surface area contributed by atoms with Crippen LogP contribution in [0.3, 0.4) is 0 Å². The van der Waals surface area contributed by atoms with Crippen molar-refractivity contribution >= 4 is 23.8 Å². The van der Waals surface area contributed by atoms with Gasteiger partial charge in [-0.1, -0.05) is 19.9 Å². The molecule has 0 atom stereocenters. The van der Waals surface area contributed by atoms with Crippen LogP contribution < -0.4 is 16.9 Å². The topological polar surface area (TPSA) is 61.3 Å². The lowest BCUT2D eigenvalue weighted by Gasteiger charge is -2.34. The Morgan fingerprint density at radius 2 is 1.76 bits per heavy atom. The normalized spacial score (nSPS) is 21.8. The highest BCUT2D eigenvalue weighted by atomic mass is 16.5. The summed E-state index contributed by atoms with van der Waals surface area (Å²) in [6, 6.07) is 5.79. The highest BCUT2D eigenvalue weighted by Gasteiger charge is 2.49. The van der Waals surface area contributed by atoms with Gasteiger partial charge >= 0.3 is 6.92 Å². The Labute approximate surface area is 104 Å². The second-order valence-electron chi connectivity index (χ2n) is 6.09. The van der Waals surface area contributed by atoms with Gasteiger partial charge < -0.3 is 16.1 Å². The van der Waals surface area contributed by atoms with E-state index in [0.717, 1.165) is 11.8 Å². The Morgan fingerprint density at radius 1 is 1.12 bits per heavy atom. The summed E-state index contributed by atoms with van der Waals surface area (Å²) >= 11 is 0. The maximum atomic E-state index is 6.15. The summed E-state index contributed by atoms with van der Waals surface area (Å²) in [5, 5.41) is 0. The molecule has 1 saturated heterocycles. The maximum Gasteiger partial charge on any atom is 0.328 e. The molecule has 3 nitrogen and oxygen atoms in total. The van der Waals surface area contributed by atoms with Crippen LogP contribution in [0.4, 0.5) is 11.4 Å². The fourth-order valence-corrected chi connectivity index (χ4v) is 2.25. The molecule has 1 heterocycles. The van der Waals surface area contributed by atoms with Crippen molar-refractivity contribution < 1.29 is 4.65 Å². The molecular weight excluding hydrogens is 211 g/mol. The second-order valence-corrected chi connectivity index (χ2v) is 6.09. The second kappa shape index (κ2) is 3.67. The van der Waals surface area contributed by atoms with Gasteiger partial charge in [-0.05, 0) is 43.2 Å². The van der Waals surface area contributed by atoms with Gasteiger partial charge in [-0.3, -0.25) is 0 Å². The molecule has 1 aliphatic heterocycles. The van der Waals surface area contributed by atoms with Gasteiger partial charge in [0.2, 0.25) is 0 Å². The van der Waals surface area contributed by atoms with Crippen molar-refractivity contribution in [2.75, 3.05) is 11.5 Å². The van der Waals surface area contributed by atoms with Crippen LogP contribution >= 0.6 is 0 Å². The first kappa shape index (κ1) is 12.3. The van der Waals surface area contributed by atoms with Crippen LogP contribution in [0.25, 0.3) is 0 Å². The predicted molar refractivity (Wildman–Crippen MR) is 74.4 cm³/mol. The Bertz CT molecular complexity index is 427. The minimum absolute atomic E-state index is 0.114. The third kappa shape index (κ3) is 2.02. The van der Waals surface area contributed by atoms with Crippen molar-refractivity contribution in [1.29, 1.82) is 0 Å². The zero-order chi connectivity index (χ0) is 12.8. The molecule has 4 heteroatoms. The van der Waals surface area contributed by atoms with Crippen molar-refractivity contribution in [2.24, 2.45) is 5.41 Å². The van der Waals surface area contributed by atoms with E-state index in [4.69, 9.17) is 16.1 Å². The van der Waals surface area contributed by atoms with E-state index in [-0.39, 0.29) is 17.9 Å². The molecule has 1 aromatic carbocycles.